The van der Waals surface area contributed by atoms with Crippen molar-refractivity contribution in [3.8, 4) is 0 Å². The topological polar surface area (TPSA) is 77.5 Å². The summed E-state index contributed by atoms with van der Waals surface area (Å²) in [6.07, 6.45) is 0. The molecule has 0 spiro atoms. The van der Waals surface area contributed by atoms with Crippen molar-refractivity contribution < 1.29 is 18.5 Å². The van der Waals surface area contributed by atoms with Gasteiger partial charge in [-0.3, -0.25) is 14.9 Å². The zero-order valence-electron chi connectivity index (χ0n) is 13.2. The van der Waals surface area contributed by atoms with Crippen LogP contribution < -0.4 is 4.80 Å². The molecule has 0 radical (unpaired) electrons. The van der Waals surface area contributed by atoms with Crippen molar-refractivity contribution in [1.82, 2.24) is 4.57 Å². The number of carbonyl (C=O) groups is 1. The SMILES string of the molecule is CCn1c(=NC(=O)c2cc(Cl)ccc2[N+](=O)[O-])sc2cc(F)cc(F)c21. The second-order valence-electron chi connectivity index (χ2n) is 5.20. The largest absolute Gasteiger partial charge is 0.314 e. The molecule has 10 heteroatoms. The van der Waals surface area contributed by atoms with E-state index < -0.39 is 28.2 Å². The lowest BCUT2D eigenvalue weighted by Gasteiger charge is -2.02. The third kappa shape index (κ3) is 3.23. The molecule has 26 heavy (non-hydrogen) atoms. The molecule has 0 unspecified atom stereocenters. The van der Waals surface area contributed by atoms with Crippen LogP contribution in [0.3, 0.4) is 0 Å². The van der Waals surface area contributed by atoms with Gasteiger partial charge in [-0.15, -0.1) is 0 Å². The Morgan fingerprint density at radius 3 is 2.73 bits per heavy atom. The van der Waals surface area contributed by atoms with E-state index in [-0.39, 0.29) is 32.1 Å². The molecule has 0 aliphatic heterocycles. The molecule has 0 saturated heterocycles. The lowest BCUT2D eigenvalue weighted by Crippen LogP contribution is -2.17. The number of amides is 1. The van der Waals surface area contributed by atoms with Crippen molar-refractivity contribution in [2.24, 2.45) is 4.99 Å². The average Bonchev–Trinajstić information content (AvgIpc) is 2.91. The highest BCUT2D eigenvalue weighted by molar-refractivity contribution is 7.16. The molecule has 134 valence electrons. The Balaban J connectivity index is 2.23. The summed E-state index contributed by atoms with van der Waals surface area (Å²) >= 11 is 6.73. The molecule has 6 nitrogen and oxygen atoms in total. The normalized spacial score (nSPS) is 11.9. The third-order valence-corrected chi connectivity index (χ3v) is 4.85. The molecule has 0 atom stereocenters. The van der Waals surface area contributed by atoms with Gasteiger partial charge in [0.1, 0.15) is 11.4 Å². The van der Waals surface area contributed by atoms with Gasteiger partial charge in [-0.05, 0) is 25.1 Å². The summed E-state index contributed by atoms with van der Waals surface area (Å²) in [5.41, 5.74) is -0.607. The number of aryl methyl sites for hydroxylation is 1. The maximum atomic E-state index is 14.1. The van der Waals surface area contributed by atoms with Gasteiger partial charge in [-0.25, -0.2) is 8.78 Å². The molecule has 0 saturated carbocycles. The first-order chi connectivity index (χ1) is 12.3. The zero-order chi connectivity index (χ0) is 19.0. The molecule has 1 amide bonds. The van der Waals surface area contributed by atoms with Crippen LogP contribution in [0.2, 0.25) is 5.02 Å². The molecule has 0 N–H and O–H groups in total. The average molecular weight is 398 g/mol. The predicted octanol–water partition coefficient (Wildman–Crippen LogP) is 4.30. The number of rotatable bonds is 3. The molecule has 1 aromatic heterocycles. The number of halogens is 3. The summed E-state index contributed by atoms with van der Waals surface area (Å²) < 4.78 is 29.2. The number of carbonyl (C=O) groups excluding carboxylic acids is 1. The van der Waals surface area contributed by atoms with Crippen LogP contribution >= 0.6 is 22.9 Å². The van der Waals surface area contributed by atoms with E-state index in [4.69, 9.17) is 11.6 Å². The molecule has 0 aliphatic rings. The molecule has 0 aliphatic carbocycles. The minimum atomic E-state index is -0.895. The monoisotopic (exact) mass is 397 g/mol. The molecule has 0 bridgehead atoms. The van der Waals surface area contributed by atoms with Gasteiger partial charge in [0.25, 0.3) is 11.6 Å². The maximum Gasteiger partial charge on any atom is 0.286 e. The molecule has 3 rings (SSSR count). The van der Waals surface area contributed by atoms with Gasteiger partial charge in [0, 0.05) is 23.7 Å². The van der Waals surface area contributed by atoms with Crippen LogP contribution in [-0.4, -0.2) is 15.4 Å². The highest BCUT2D eigenvalue weighted by Crippen LogP contribution is 2.25. The van der Waals surface area contributed by atoms with Crippen LogP contribution in [0.15, 0.2) is 35.3 Å². The molecule has 2 aromatic carbocycles. The fourth-order valence-corrected chi connectivity index (χ4v) is 3.80. The quantitative estimate of drug-likeness (QED) is 0.488. The Kier molecular flexibility index (Phi) is 4.84. The number of hydrogen-bond donors (Lipinski definition) is 0. The van der Waals surface area contributed by atoms with E-state index in [9.17, 15) is 23.7 Å². The summed E-state index contributed by atoms with van der Waals surface area (Å²) in [4.78, 5) is 26.9. The number of hydrogen-bond acceptors (Lipinski definition) is 4. The molecule has 3 aromatic rings. The van der Waals surface area contributed by atoms with Crippen molar-refractivity contribution in [1.29, 1.82) is 0 Å². The van der Waals surface area contributed by atoms with E-state index in [2.05, 4.69) is 4.99 Å². The van der Waals surface area contributed by atoms with E-state index in [0.717, 1.165) is 35.6 Å². The number of nitro groups is 1. The van der Waals surface area contributed by atoms with Crippen LogP contribution in [-0.2, 0) is 6.54 Å². The number of nitrogens with zero attached hydrogens (tertiary/aromatic N) is 3. The smallest absolute Gasteiger partial charge is 0.286 e. The van der Waals surface area contributed by atoms with Crippen LogP contribution in [0.5, 0.6) is 0 Å². The van der Waals surface area contributed by atoms with Crippen LogP contribution in [0.1, 0.15) is 17.3 Å². The van der Waals surface area contributed by atoms with Gasteiger partial charge < -0.3 is 4.57 Å². The Hall–Kier alpha value is -2.65. The van der Waals surface area contributed by atoms with Crippen LogP contribution in [0, 0.1) is 21.7 Å². The summed E-state index contributed by atoms with van der Waals surface area (Å²) in [5.74, 6) is -2.42. The fourth-order valence-electron chi connectivity index (χ4n) is 2.49. The summed E-state index contributed by atoms with van der Waals surface area (Å²) in [6.45, 7) is 1.98. The van der Waals surface area contributed by atoms with E-state index >= 15 is 0 Å². The molecule has 1 heterocycles. The fraction of sp³-hybridized carbons (Fsp3) is 0.125. The molecule has 0 fully saturated rings. The van der Waals surface area contributed by atoms with E-state index in [1.807, 2.05) is 0 Å². The van der Waals surface area contributed by atoms with E-state index in [1.54, 1.807) is 6.92 Å². The highest BCUT2D eigenvalue weighted by Gasteiger charge is 2.21. The lowest BCUT2D eigenvalue weighted by atomic mass is 10.2. The molecular weight excluding hydrogens is 388 g/mol. The van der Waals surface area contributed by atoms with Gasteiger partial charge in [0.15, 0.2) is 10.6 Å². The predicted molar refractivity (Wildman–Crippen MR) is 93.4 cm³/mol. The van der Waals surface area contributed by atoms with E-state index in [1.165, 1.54) is 10.6 Å². The first-order valence-electron chi connectivity index (χ1n) is 7.33. The van der Waals surface area contributed by atoms with Gasteiger partial charge in [0.05, 0.1) is 15.1 Å². The van der Waals surface area contributed by atoms with Crippen LogP contribution in [0.4, 0.5) is 14.5 Å². The van der Waals surface area contributed by atoms with Crippen LogP contribution in [0.25, 0.3) is 10.2 Å². The summed E-state index contributed by atoms with van der Waals surface area (Å²) in [7, 11) is 0. The number of thiazole rings is 1. The minimum absolute atomic E-state index is 0.103. The van der Waals surface area contributed by atoms with Gasteiger partial charge in [-0.2, -0.15) is 4.99 Å². The number of benzene rings is 2. The number of nitro benzene ring substituents is 1. The zero-order valence-corrected chi connectivity index (χ0v) is 14.8. The van der Waals surface area contributed by atoms with Gasteiger partial charge in [-0.1, -0.05) is 22.9 Å². The number of aromatic nitrogens is 1. The number of fused-ring (bicyclic) bond motifs is 1. The molecular formula is C16H10ClF2N3O3S. The standard InChI is InChI=1S/C16H10ClF2N3O3S/c1-2-21-14-11(19)6-9(18)7-13(14)26-16(21)20-15(23)10-5-8(17)3-4-12(10)22(24)25/h3-7H,2H2,1H3. The lowest BCUT2D eigenvalue weighted by molar-refractivity contribution is -0.385. The van der Waals surface area contributed by atoms with Crippen molar-refractivity contribution in [2.45, 2.75) is 13.5 Å². The van der Waals surface area contributed by atoms with Crippen molar-refractivity contribution in [3.05, 3.63) is 67.5 Å². The first kappa shape index (κ1) is 18.2. The highest BCUT2D eigenvalue weighted by atomic mass is 35.5. The first-order valence-corrected chi connectivity index (χ1v) is 8.52. The second-order valence-corrected chi connectivity index (χ2v) is 6.64. The summed E-state index contributed by atoms with van der Waals surface area (Å²) in [5, 5.41) is 11.3. The second kappa shape index (κ2) is 6.93. The van der Waals surface area contributed by atoms with Gasteiger partial charge in [0.2, 0.25) is 0 Å². The Morgan fingerprint density at radius 2 is 2.08 bits per heavy atom. The Bertz CT molecular complexity index is 1120. The van der Waals surface area contributed by atoms with Crippen molar-refractivity contribution >= 4 is 44.7 Å². The van der Waals surface area contributed by atoms with Gasteiger partial charge >= 0.3 is 0 Å². The van der Waals surface area contributed by atoms with E-state index in [0.29, 0.717) is 0 Å². The third-order valence-electron chi connectivity index (χ3n) is 3.59. The van der Waals surface area contributed by atoms with Crippen molar-refractivity contribution in [2.75, 3.05) is 0 Å². The Morgan fingerprint density at radius 1 is 1.35 bits per heavy atom. The minimum Gasteiger partial charge on any atom is -0.314 e. The summed E-state index contributed by atoms with van der Waals surface area (Å²) in [6, 6.07) is 5.43. The Labute approximate surface area is 154 Å². The maximum absolute atomic E-state index is 14.1. The van der Waals surface area contributed by atoms with Crippen molar-refractivity contribution in [3.63, 3.8) is 0 Å².